The molecule has 24 heavy (non-hydrogen) atoms. The number of imidazole rings is 1. The molecule has 7 nitrogen and oxygen atoms in total. The molecular formula is C16H25N5O2S. The highest BCUT2D eigenvalue weighted by Crippen LogP contribution is 2.30. The largest absolute Gasteiger partial charge is 0.334 e. The average Bonchev–Trinajstić information content (AvgIpc) is 3.17. The lowest BCUT2D eigenvalue weighted by atomic mass is 9.95. The Morgan fingerprint density at radius 2 is 2.25 bits per heavy atom. The van der Waals surface area contributed by atoms with Crippen LogP contribution in [0.3, 0.4) is 0 Å². The van der Waals surface area contributed by atoms with E-state index in [9.17, 15) is 8.42 Å². The van der Waals surface area contributed by atoms with E-state index in [1.807, 2.05) is 12.4 Å². The molecule has 132 valence electrons. The van der Waals surface area contributed by atoms with E-state index in [2.05, 4.69) is 31.6 Å². The van der Waals surface area contributed by atoms with E-state index in [1.54, 1.807) is 0 Å². The molecule has 0 aliphatic carbocycles. The Hall–Kier alpha value is -1.67. The second-order valence-corrected chi connectivity index (χ2v) is 8.52. The van der Waals surface area contributed by atoms with Crippen LogP contribution in [-0.4, -0.2) is 52.4 Å². The minimum atomic E-state index is -3.25. The molecule has 0 bridgehead atoms. The fraction of sp³-hybridized carbons (Fsp3) is 0.625. The monoisotopic (exact) mass is 351 g/mol. The van der Waals surface area contributed by atoms with E-state index in [0.29, 0.717) is 4.90 Å². The Morgan fingerprint density at radius 3 is 3.00 bits per heavy atom. The van der Waals surface area contributed by atoms with E-state index in [1.165, 1.54) is 12.5 Å². The lowest BCUT2D eigenvalue weighted by molar-refractivity contribution is 0.190. The maximum atomic E-state index is 11.9. The zero-order valence-corrected chi connectivity index (χ0v) is 15.1. The van der Waals surface area contributed by atoms with Gasteiger partial charge in [-0.25, -0.2) is 13.4 Å². The first-order valence-electron chi connectivity index (χ1n) is 8.44. The van der Waals surface area contributed by atoms with E-state index >= 15 is 0 Å². The first-order valence-corrected chi connectivity index (χ1v) is 10.3. The Kier molecular flexibility index (Phi) is 5.05. The molecule has 0 saturated carbocycles. The lowest BCUT2D eigenvalue weighted by Crippen LogP contribution is -2.35. The topological polar surface area (TPSA) is 83.9 Å². The third kappa shape index (κ3) is 3.70. The van der Waals surface area contributed by atoms with Gasteiger partial charge in [-0.1, -0.05) is 6.92 Å². The van der Waals surface area contributed by atoms with Crippen molar-refractivity contribution in [1.82, 2.24) is 24.6 Å². The second-order valence-electron chi connectivity index (χ2n) is 6.53. The van der Waals surface area contributed by atoms with E-state index in [4.69, 9.17) is 0 Å². The molecule has 2 aromatic rings. The Balaban J connectivity index is 1.73. The van der Waals surface area contributed by atoms with Crippen LogP contribution in [0, 0.1) is 0 Å². The number of aryl methyl sites for hydroxylation is 1. The third-order valence-corrected chi connectivity index (χ3v) is 5.70. The third-order valence-electron chi connectivity index (χ3n) is 4.58. The summed E-state index contributed by atoms with van der Waals surface area (Å²) in [4.78, 5) is 7.17. The molecule has 2 aromatic heterocycles. The number of nitrogens with zero attached hydrogens (tertiary/aromatic N) is 4. The maximum Gasteiger partial charge on any atom is 0.178 e. The van der Waals surface area contributed by atoms with Crippen molar-refractivity contribution >= 4 is 9.84 Å². The van der Waals surface area contributed by atoms with Crippen LogP contribution >= 0.6 is 0 Å². The van der Waals surface area contributed by atoms with Crippen molar-refractivity contribution in [3.8, 4) is 0 Å². The highest BCUT2D eigenvalue weighted by molar-refractivity contribution is 7.90. The van der Waals surface area contributed by atoms with Crippen molar-refractivity contribution in [2.45, 2.75) is 50.1 Å². The quantitative estimate of drug-likeness (QED) is 0.858. The standard InChI is InChI=1S/C16H25N5O2S/c1-3-7-21-9-6-17-15(21)12-20-8-4-5-13(11-20)16-14(10-18-19-16)24(2,22)23/h6,9-10,13H,3-5,7-8,11-12H2,1-2H3,(H,18,19)/t13-/m1/s1. The number of likely N-dealkylation sites (tertiary alicyclic amines) is 1. The number of sulfone groups is 1. The summed E-state index contributed by atoms with van der Waals surface area (Å²) in [6.45, 7) is 5.77. The number of aromatic amines is 1. The molecule has 0 spiro atoms. The van der Waals surface area contributed by atoms with Crippen LogP contribution < -0.4 is 0 Å². The van der Waals surface area contributed by atoms with Crippen molar-refractivity contribution < 1.29 is 8.42 Å². The van der Waals surface area contributed by atoms with Crippen LogP contribution in [-0.2, 0) is 22.9 Å². The first kappa shape index (κ1) is 17.2. The van der Waals surface area contributed by atoms with Gasteiger partial charge in [-0.3, -0.25) is 10.00 Å². The van der Waals surface area contributed by atoms with Gasteiger partial charge in [0.2, 0.25) is 0 Å². The molecule has 1 aliphatic rings. The van der Waals surface area contributed by atoms with Gasteiger partial charge in [-0.15, -0.1) is 0 Å². The summed E-state index contributed by atoms with van der Waals surface area (Å²) in [7, 11) is -3.25. The van der Waals surface area contributed by atoms with Crippen molar-refractivity contribution in [2.75, 3.05) is 19.3 Å². The number of hydrogen-bond donors (Lipinski definition) is 1. The molecule has 0 radical (unpaired) electrons. The summed E-state index contributed by atoms with van der Waals surface area (Å²) in [5.41, 5.74) is 0.749. The van der Waals surface area contributed by atoms with E-state index in [-0.39, 0.29) is 5.92 Å². The second kappa shape index (κ2) is 7.06. The number of piperidine rings is 1. The summed E-state index contributed by atoms with van der Waals surface area (Å²) in [5, 5.41) is 6.88. The predicted octanol–water partition coefficient (Wildman–Crippen LogP) is 1.80. The zero-order chi connectivity index (χ0) is 17.2. The average molecular weight is 351 g/mol. The van der Waals surface area contributed by atoms with Gasteiger partial charge >= 0.3 is 0 Å². The highest BCUT2D eigenvalue weighted by atomic mass is 32.2. The van der Waals surface area contributed by atoms with Crippen LogP contribution in [0.2, 0.25) is 0 Å². The van der Waals surface area contributed by atoms with Crippen LogP contribution in [0.5, 0.6) is 0 Å². The first-order chi connectivity index (χ1) is 11.5. The molecule has 1 N–H and O–H groups in total. The normalized spacial score (nSPS) is 19.7. The molecule has 3 heterocycles. The highest BCUT2D eigenvalue weighted by Gasteiger charge is 2.28. The van der Waals surface area contributed by atoms with Crippen molar-refractivity contribution in [2.24, 2.45) is 0 Å². The minimum Gasteiger partial charge on any atom is -0.334 e. The number of H-pyrrole nitrogens is 1. The molecule has 0 aromatic carbocycles. The molecular weight excluding hydrogens is 326 g/mol. The predicted molar refractivity (Wildman–Crippen MR) is 91.5 cm³/mol. The molecule has 1 fully saturated rings. The van der Waals surface area contributed by atoms with Gasteiger partial charge in [-0.2, -0.15) is 5.10 Å². The van der Waals surface area contributed by atoms with Crippen molar-refractivity contribution in [3.63, 3.8) is 0 Å². The maximum absolute atomic E-state index is 11.9. The van der Waals surface area contributed by atoms with Gasteiger partial charge < -0.3 is 4.57 Å². The van der Waals surface area contributed by atoms with Gasteiger partial charge in [-0.05, 0) is 25.8 Å². The van der Waals surface area contributed by atoms with Gasteiger partial charge in [0.15, 0.2) is 9.84 Å². The molecule has 1 atom stereocenters. The summed E-state index contributed by atoms with van der Waals surface area (Å²) in [6, 6.07) is 0. The number of nitrogens with one attached hydrogen (secondary N) is 1. The fourth-order valence-electron chi connectivity index (χ4n) is 3.44. The number of aromatic nitrogens is 4. The fourth-order valence-corrected chi connectivity index (χ4v) is 4.30. The van der Waals surface area contributed by atoms with E-state index in [0.717, 1.165) is 57.0 Å². The van der Waals surface area contributed by atoms with Gasteiger partial charge in [0.1, 0.15) is 10.7 Å². The van der Waals surface area contributed by atoms with Crippen molar-refractivity contribution in [3.05, 3.63) is 30.1 Å². The molecule has 1 aliphatic heterocycles. The summed E-state index contributed by atoms with van der Waals surface area (Å²) < 4.78 is 26.0. The SMILES string of the molecule is CCCn1ccnc1CN1CCC[C@@H](c2[nH]ncc2S(C)(=O)=O)C1. The van der Waals surface area contributed by atoms with E-state index < -0.39 is 9.84 Å². The van der Waals surface area contributed by atoms with Gasteiger partial charge in [0.05, 0.1) is 18.4 Å². The van der Waals surface area contributed by atoms with Crippen molar-refractivity contribution in [1.29, 1.82) is 0 Å². The van der Waals surface area contributed by atoms with Gasteiger partial charge in [0.25, 0.3) is 0 Å². The Labute approximate surface area is 143 Å². The Bertz CT molecular complexity index is 780. The van der Waals surface area contributed by atoms with Crippen LogP contribution in [0.25, 0.3) is 0 Å². The van der Waals surface area contributed by atoms with Gasteiger partial charge in [0, 0.05) is 37.7 Å². The summed E-state index contributed by atoms with van der Waals surface area (Å²) >= 11 is 0. The summed E-state index contributed by atoms with van der Waals surface area (Å²) in [6.07, 6.45) is 9.64. The smallest absolute Gasteiger partial charge is 0.178 e. The summed E-state index contributed by atoms with van der Waals surface area (Å²) in [5.74, 6) is 1.24. The molecule has 0 amide bonds. The van der Waals surface area contributed by atoms with Crippen LogP contribution in [0.15, 0.2) is 23.5 Å². The Morgan fingerprint density at radius 1 is 1.42 bits per heavy atom. The lowest BCUT2D eigenvalue weighted by Gasteiger charge is -2.32. The number of rotatable bonds is 6. The molecule has 0 unspecified atom stereocenters. The zero-order valence-electron chi connectivity index (χ0n) is 14.3. The minimum absolute atomic E-state index is 0.167. The molecule has 3 rings (SSSR count). The number of hydrogen-bond acceptors (Lipinski definition) is 5. The molecule has 8 heteroatoms. The van der Waals surface area contributed by atoms with Crippen LogP contribution in [0.4, 0.5) is 0 Å². The van der Waals surface area contributed by atoms with Crippen LogP contribution in [0.1, 0.15) is 43.6 Å². The molecule has 1 saturated heterocycles.